The van der Waals surface area contributed by atoms with Crippen LogP contribution in [0.2, 0.25) is 0 Å². The van der Waals surface area contributed by atoms with Gasteiger partial charge in [0.25, 0.3) is 5.56 Å². The fourth-order valence-electron chi connectivity index (χ4n) is 1.68. The topological polar surface area (TPSA) is 46.9 Å². The Morgan fingerprint density at radius 2 is 2.35 bits per heavy atom. The standard InChI is InChI=1S/C12H17N3OS/c1-9(2)13-5-3-6-15-8-14-10-4-7-17-11(10)12(15)16/h4,7-9,13H,3,5-6H2,1-2H3. The minimum absolute atomic E-state index is 0.0783. The Kier molecular flexibility index (Phi) is 3.91. The van der Waals surface area contributed by atoms with Crippen LogP contribution in [-0.2, 0) is 6.54 Å². The number of aryl methyl sites for hydroxylation is 1. The van der Waals surface area contributed by atoms with Gasteiger partial charge in [0.05, 0.1) is 11.8 Å². The molecule has 0 aliphatic heterocycles. The molecule has 2 aromatic rings. The van der Waals surface area contributed by atoms with Crippen LogP contribution < -0.4 is 10.9 Å². The van der Waals surface area contributed by atoms with Crippen LogP contribution in [0.25, 0.3) is 10.2 Å². The van der Waals surface area contributed by atoms with Gasteiger partial charge in [-0.25, -0.2) is 4.98 Å². The van der Waals surface area contributed by atoms with Crippen molar-refractivity contribution in [1.29, 1.82) is 0 Å². The van der Waals surface area contributed by atoms with Gasteiger partial charge in [-0.05, 0) is 24.4 Å². The molecule has 4 nitrogen and oxygen atoms in total. The number of hydrogen-bond acceptors (Lipinski definition) is 4. The molecule has 0 aliphatic rings. The summed E-state index contributed by atoms with van der Waals surface area (Å²) in [7, 11) is 0. The van der Waals surface area contributed by atoms with Gasteiger partial charge >= 0.3 is 0 Å². The van der Waals surface area contributed by atoms with Crippen molar-refractivity contribution in [3.8, 4) is 0 Å². The van der Waals surface area contributed by atoms with E-state index in [0.717, 1.165) is 29.7 Å². The lowest BCUT2D eigenvalue weighted by atomic mass is 10.3. The predicted molar refractivity (Wildman–Crippen MR) is 71.6 cm³/mol. The molecule has 0 saturated heterocycles. The molecule has 2 aromatic heterocycles. The Bertz CT molecular complexity index is 544. The highest BCUT2D eigenvalue weighted by atomic mass is 32.1. The molecule has 0 fully saturated rings. The molecule has 2 rings (SSSR count). The molecular formula is C12H17N3OS. The van der Waals surface area contributed by atoms with Crippen LogP contribution in [-0.4, -0.2) is 22.1 Å². The molecule has 0 aromatic carbocycles. The van der Waals surface area contributed by atoms with E-state index in [1.54, 1.807) is 10.9 Å². The summed E-state index contributed by atoms with van der Waals surface area (Å²) in [5, 5.41) is 5.24. The number of nitrogens with one attached hydrogen (secondary N) is 1. The van der Waals surface area contributed by atoms with Crippen molar-refractivity contribution in [3.63, 3.8) is 0 Å². The van der Waals surface area contributed by atoms with E-state index < -0.39 is 0 Å². The van der Waals surface area contributed by atoms with E-state index in [1.807, 2.05) is 11.4 Å². The van der Waals surface area contributed by atoms with Gasteiger partial charge in [0, 0.05) is 12.6 Å². The Balaban J connectivity index is 2.04. The van der Waals surface area contributed by atoms with Crippen LogP contribution in [0.15, 0.2) is 22.6 Å². The molecule has 2 heterocycles. The van der Waals surface area contributed by atoms with Crippen LogP contribution >= 0.6 is 11.3 Å². The number of fused-ring (bicyclic) bond motifs is 1. The Morgan fingerprint density at radius 3 is 3.12 bits per heavy atom. The van der Waals surface area contributed by atoms with Gasteiger partial charge in [0.2, 0.25) is 0 Å². The van der Waals surface area contributed by atoms with E-state index >= 15 is 0 Å². The van der Waals surface area contributed by atoms with Crippen LogP contribution in [0.4, 0.5) is 0 Å². The molecule has 0 bridgehead atoms. The second kappa shape index (κ2) is 5.42. The van der Waals surface area contributed by atoms with Crippen molar-refractivity contribution in [3.05, 3.63) is 28.1 Å². The first-order valence-electron chi connectivity index (χ1n) is 5.84. The molecular weight excluding hydrogens is 234 g/mol. The molecule has 0 atom stereocenters. The molecule has 17 heavy (non-hydrogen) atoms. The maximum absolute atomic E-state index is 12.0. The van der Waals surface area contributed by atoms with Crippen LogP contribution in [0.5, 0.6) is 0 Å². The predicted octanol–water partition coefficient (Wildman–Crippen LogP) is 1.85. The van der Waals surface area contributed by atoms with Gasteiger partial charge in [-0.2, -0.15) is 0 Å². The van der Waals surface area contributed by atoms with Gasteiger partial charge in [0.1, 0.15) is 4.70 Å². The van der Waals surface area contributed by atoms with Crippen molar-refractivity contribution >= 4 is 21.6 Å². The fourth-order valence-corrected chi connectivity index (χ4v) is 2.47. The maximum atomic E-state index is 12.0. The summed E-state index contributed by atoms with van der Waals surface area (Å²) < 4.78 is 2.45. The molecule has 0 unspecified atom stereocenters. The zero-order valence-corrected chi connectivity index (χ0v) is 11.0. The minimum Gasteiger partial charge on any atom is -0.314 e. The Hall–Kier alpha value is -1.20. The van der Waals surface area contributed by atoms with E-state index in [4.69, 9.17) is 0 Å². The Labute approximate surface area is 104 Å². The summed E-state index contributed by atoms with van der Waals surface area (Å²) in [5.41, 5.74) is 0.881. The molecule has 0 spiro atoms. The quantitative estimate of drug-likeness (QED) is 0.825. The molecule has 0 radical (unpaired) electrons. The van der Waals surface area contributed by atoms with Crippen LogP contribution in [0.3, 0.4) is 0 Å². The first-order valence-corrected chi connectivity index (χ1v) is 6.72. The van der Waals surface area contributed by atoms with Gasteiger partial charge in [0.15, 0.2) is 0 Å². The summed E-state index contributed by atoms with van der Waals surface area (Å²) in [6.45, 7) is 5.88. The maximum Gasteiger partial charge on any atom is 0.271 e. The number of hydrogen-bond donors (Lipinski definition) is 1. The van der Waals surface area contributed by atoms with Crippen molar-refractivity contribution in [2.75, 3.05) is 6.54 Å². The van der Waals surface area contributed by atoms with Crippen LogP contribution in [0.1, 0.15) is 20.3 Å². The summed E-state index contributed by atoms with van der Waals surface area (Å²) in [4.78, 5) is 16.3. The van der Waals surface area contributed by atoms with Crippen molar-refractivity contribution < 1.29 is 0 Å². The second-order valence-corrected chi connectivity index (χ2v) is 5.26. The van der Waals surface area contributed by atoms with E-state index in [-0.39, 0.29) is 5.56 Å². The smallest absolute Gasteiger partial charge is 0.271 e. The van der Waals surface area contributed by atoms with E-state index in [2.05, 4.69) is 24.1 Å². The molecule has 0 aliphatic carbocycles. The molecule has 0 saturated carbocycles. The summed E-state index contributed by atoms with van der Waals surface area (Å²) >= 11 is 1.46. The molecule has 1 N–H and O–H groups in total. The largest absolute Gasteiger partial charge is 0.314 e. The van der Waals surface area contributed by atoms with Crippen LogP contribution in [0, 0.1) is 0 Å². The van der Waals surface area contributed by atoms with Crippen molar-refractivity contribution in [2.24, 2.45) is 0 Å². The van der Waals surface area contributed by atoms with E-state index in [1.165, 1.54) is 11.3 Å². The SMILES string of the molecule is CC(C)NCCCn1cnc2ccsc2c1=O. The Morgan fingerprint density at radius 1 is 1.53 bits per heavy atom. The lowest BCUT2D eigenvalue weighted by Crippen LogP contribution is -2.26. The van der Waals surface area contributed by atoms with E-state index in [9.17, 15) is 4.79 Å². The number of nitrogens with zero attached hydrogens (tertiary/aromatic N) is 2. The van der Waals surface area contributed by atoms with Crippen molar-refractivity contribution in [1.82, 2.24) is 14.9 Å². The lowest BCUT2D eigenvalue weighted by molar-refractivity contribution is 0.529. The summed E-state index contributed by atoms with van der Waals surface area (Å²) in [6, 6.07) is 2.37. The van der Waals surface area contributed by atoms with Gasteiger partial charge in [-0.3, -0.25) is 9.36 Å². The third kappa shape index (κ3) is 2.92. The first kappa shape index (κ1) is 12.3. The fraction of sp³-hybridized carbons (Fsp3) is 0.500. The average molecular weight is 251 g/mol. The molecule has 92 valence electrons. The first-order chi connectivity index (χ1) is 8.18. The van der Waals surface area contributed by atoms with E-state index in [0.29, 0.717) is 6.04 Å². The normalized spacial score (nSPS) is 11.5. The van der Waals surface area contributed by atoms with Gasteiger partial charge in [-0.15, -0.1) is 11.3 Å². The molecule has 5 heteroatoms. The minimum atomic E-state index is 0.0783. The van der Waals surface area contributed by atoms with Gasteiger partial charge in [-0.1, -0.05) is 13.8 Å². The zero-order valence-electron chi connectivity index (χ0n) is 10.1. The zero-order chi connectivity index (χ0) is 12.3. The monoisotopic (exact) mass is 251 g/mol. The lowest BCUT2D eigenvalue weighted by Gasteiger charge is -2.08. The third-order valence-electron chi connectivity index (χ3n) is 2.56. The third-order valence-corrected chi connectivity index (χ3v) is 3.46. The number of aromatic nitrogens is 2. The highest BCUT2D eigenvalue weighted by Gasteiger charge is 2.04. The second-order valence-electron chi connectivity index (χ2n) is 4.34. The molecule has 0 amide bonds. The highest BCUT2D eigenvalue weighted by molar-refractivity contribution is 7.17. The number of rotatable bonds is 5. The van der Waals surface area contributed by atoms with Crippen molar-refractivity contribution in [2.45, 2.75) is 32.9 Å². The highest BCUT2D eigenvalue weighted by Crippen LogP contribution is 2.13. The van der Waals surface area contributed by atoms with Gasteiger partial charge < -0.3 is 5.32 Å². The average Bonchev–Trinajstić information content (AvgIpc) is 2.75. The summed E-state index contributed by atoms with van der Waals surface area (Å²) in [5.74, 6) is 0. The summed E-state index contributed by atoms with van der Waals surface area (Å²) in [6.07, 6.45) is 2.59. The number of thiophene rings is 1.